The first-order valence-corrected chi connectivity index (χ1v) is 9.51. The Bertz CT molecular complexity index is 1110. The lowest BCUT2D eigenvalue weighted by atomic mass is 9.95. The molecule has 6 nitrogen and oxygen atoms in total. The molecule has 1 aliphatic heterocycles. The molecular weight excluding hydrogens is 380 g/mol. The van der Waals surface area contributed by atoms with Gasteiger partial charge in [0.25, 0.3) is 5.91 Å². The fraction of sp³-hybridized carbons (Fsp3) is 0.125. The van der Waals surface area contributed by atoms with E-state index in [1.807, 2.05) is 42.5 Å². The Morgan fingerprint density at radius 3 is 2.57 bits per heavy atom. The quantitative estimate of drug-likeness (QED) is 0.372. The minimum absolute atomic E-state index is 0.0423. The normalized spacial score (nSPS) is 17.9. The number of nitrogens with zero attached hydrogens (tertiary/aromatic N) is 1. The Hall–Kier alpha value is -3.93. The summed E-state index contributed by atoms with van der Waals surface area (Å²) in [4.78, 5) is 30.3. The van der Waals surface area contributed by atoms with Crippen molar-refractivity contribution in [1.29, 1.82) is 0 Å². The predicted molar refractivity (Wildman–Crippen MR) is 108 cm³/mol. The Morgan fingerprint density at radius 1 is 1.07 bits per heavy atom. The van der Waals surface area contributed by atoms with E-state index in [4.69, 9.17) is 4.74 Å². The molecule has 1 atom stereocenters. The fourth-order valence-corrected chi connectivity index (χ4v) is 3.66. The van der Waals surface area contributed by atoms with Crippen LogP contribution in [0.2, 0.25) is 0 Å². The number of nitrogens with one attached hydrogen (secondary N) is 1. The third-order valence-corrected chi connectivity index (χ3v) is 5.10. The zero-order chi connectivity index (χ0) is 21.1. The van der Waals surface area contributed by atoms with E-state index in [0.29, 0.717) is 16.9 Å². The molecule has 3 aromatic rings. The van der Waals surface area contributed by atoms with Crippen LogP contribution in [-0.2, 0) is 16.1 Å². The van der Waals surface area contributed by atoms with Crippen molar-refractivity contribution in [3.05, 3.63) is 101 Å². The molecule has 1 amide bonds. The Labute approximate surface area is 174 Å². The number of aromatic amines is 1. The van der Waals surface area contributed by atoms with E-state index in [1.54, 1.807) is 36.7 Å². The van der Waals surface area contributed by atoms with Gasteiger partial charge >= 0.3 is 0 Å². The molecule has 6 heteroatoms. The van der Waals surface area contributed by atoms with Crippen LogP contribution in [0.3, 0.4) is 0 Å². The van der Waals surface area contributed by atoms with Gasteiger partial charge in [0.15, 0.2) is 12.4 Å². The van der Waals surface area contributed by atoms with Gasteiger partial charge in [-0.2, -0.15) is 0 Å². The number of hydrogen-bond acceptors (Lipinski definition) is 4. The molecule has 1 aliphatic rings. The van der Waals surface area contributed by atoms with Gasteiger partial charge in [-0.05, 0) is 29.3 Å². The molecule has 0 radical (unpaired) electrons. The summed E-state index contributed by atoms with van der Waals surface area (Å²) in [5.74, 6) is -1.41. The van der Waals surface area contributed by atoms with Crippen LogP contribution in [0.5, 0.6) is 5.75 Å². The summed E-state index contributed by atoms with van der Waals surface area (Å²) in [6, 6.07) is 18.6. The SMILES string of the molecule is COc1cccc(/C([O-])=C2\C(=O)C(=O)N(Cc3ccc[nH+]c3)C2c2ccccc2)c1. The molecule has 2 heterocycles. The first-order chi connectivity index (χ1) is 14.6. The number of H-pyrrole nitrogens is 1. The first-order valence-electron chi connectivity index (χ1n) is 9.51. The van der Waals surface area contributed by atoms with Gasteiger partial charge in [0.1, 0.15) is 5.75 Å². The highest BCUT2D eigenvalue weighted by Crippen LogP contribution is 2.39. The monoisotopic (exact) mass is 400 g/mol. The van der Waals surface area contributed by atoms with Crippen LogP contribution in [0.25, 0.3) is 5.76 Å². The number of carbonyl (C=O) groups excluding carboxylic acids is 2. The fourth-order valence-electron chi connectivity index (χ4n) is 3.66. The maximum absolute atomic E-state index is 13.4. The summed E-state index contributed by atoms with van der Waals surface area (Å²) in [7, 11) is 1.51. The standard InChI is InChI=1S/C24H20N2O4/c1-30-19-11-5-10-18(13-19)22(27)20-21(17-8-3-2-4-9-17)26(24(29)23(20)28)15-16-7-6-12-25-14-16/h2-14,21,27H,15H2,1H3/b22-20+. The van der Waals surface area contributed by atoms with Crippen molar-refractivity contribution in [2.24, 2.45) is 0 Å². The summed E-state index contributed by atoms with van der Waals surface area (Å²) in [5.41, 5.74) is 1.80. The van der Waals surface area contributed by atoms with Crippen molar-refractivity contribution in [3.63, 3.8) is 0 Å². The third-order valence-electron chi connectivity index (χ3n) is 5.10. The molecule has 0 aliphatic carbocycles. The average Bonchev–Trinajstić information content (AvgIpc) is 3.05. The van der Waals surface area contributed by atoms with Gasteiger partial charge in [0.05, 0.1) is 19.7 Å². The summed E-state index contributed by atoms with van der Waals surface area (Å²) < 4.78 is 5.20. The molecule has 0 saturated carbocycles. The smallest absolute Gasteiger partial charge is 0.295 e. The van der Waals surface area contributed by atoms with Crippen LogP contribution >= 0.6 is 0 Å². The number of ether oxygens (including phenoxy) is 1. The molecule has 1 unspecified atom stereocenters. The van der Waals surface area contributed by atoms with Crippen molar-refractivity contribution in [1.82, 2.24) is 4.90 Å². The third kappa shape index (κ3) is 3.55. The molecule has 0 bridgehead atoms. The number of amides is 1. The van der Waals surface area contributed by atoms with Gasteiger partial charge in [-0.3, -0.25) is 9.59 Å². The molecule has 1 saturated heterocycles. The van der Waals surface area contributed by atoms with Crippen LogP contribution in [0.15, 0.2) is 84.7 Å². The van der Waals surface area contributed by atoms with Crippen molar-refractivity contribution in [2.75, 3.05) is 7.11 Å². The maximum atomic E-state index is 13.4. The second-order valence-electron chi connectivity index (χ2n) is 6.96. The number of carbonyl (C=O) groups is 2. The average molecular weight is 400 g/mol. The van der Waals surface area contributed by atoms with E-state index in [1.165, 1.54) is 12.0 Å². The number of likely N-dealkylation sites (tertiary alicyclic amines) is 1. The molecule has 150 valence electrons. The van der Waals surface area contributed by atoms with Crippen LogP contribution < -0.4 is 14.8 Å². The molecular formula is C24H20N2O4. The van der Waals surface area contributed by atoms with Gasteiger partial charge in [-0.15, -0.1) is 0 Å². The lowest BCUT2D eigenvalue weighted by molar-refractivity contribution is -0.378. The maximum Gasteiger partial charge on any atom is 0.295 e. The number of methoxy groups -OCH3 is 1. The number of pyridine rings is 1. The lowest BCUT2D eigenvalue weighted by Gasteiger charge is -2.27. The predicted octanol–water partition coefficient (Wildman–Crippen LogP) is 1.93. The number of benzene rings is 2. The zero-order valence-electron chi connectivity index (χ0n) is 16.4. The molecule has 4 rings (SSSR count). The van der Waals surface area contributed by atoms with Crippen LogP contribution in [0.1, 0.15) is 22.7 Å². The van der Waals surface area contributed by atoms with Crippen LogP contribution in [0.4, 0.5) is 0 Å². The Kier molecular flexibility index (Phi) is 5.30. The van der Waals surface area contributed by atoms with Crippen molar-refractivity contribution >= 4 is 17.4 Å². The van der Waals surface area contributed by atoms with Gasteiger partial charge in [-0.1, -0.05) is 48.2 Å². The van der Waals surface area contributed by atoms with E-state index in [2.05, 4.69) is 4.98 Å². The van der Waals surface area contributed by atoms with Crippen molar-refractivity contribution in [3.8, 4) is 5.75 Å². The molecule has 0 spiro atoms. The summed E-state index contributed by atoms with van der Waals surface area (Å²) in [6.07, 6.45) is 3.53. The Morgan fingerprint density at radius 2 is 1.87 bits per heavy atom. The lowest BCUT2D eigenvalue weighted by Crippen LogP contribution is -2.29. The van der Waals surface area contributed by atoms with E-state index >= 15 is 0 Å². The van der Waals surface area contributed by atoms with Gasteiger partial charge < -0.3 is 14.7 Å². The molecule has 1 fully saturated rings. The van der Waals surface area contributed by atoms with E-state index in [0.717, 1.165) is 5.56 Å². The van der Waals surface area contributed by atoms with Crippen LogP contribution in [-0.4, -0.2) is 23.7 Å². The molecule has 1 N–H and O–H groups in total. The number of hydrogen-bond donors (Lipinski definition) is 0. The van der Waals surface area contributed by atoms with Gasteiger partial charge in [-0.25, -0.2) is 4.98 Å². The van der Waals surface area contributed by atoms with Crippen molar-refractivity contribution < 1.29 is 24.4 Å². The topological polar surface area (TPSA) is 83.8 Å². The molecule has 2 aromatic carbocycles. The highest BCUT2D eigenvalue weighted by molar-refractivity contribution is 6.46. The largest absolute Gasteiger partial charge is 0.872 e. The van der Waals surface area contributed by atoms with Crippen LogP contribution in [0, 0.1) is 0 Å². The highest BCUT2D eigenvalue weighted by Gasteiger charge is 2.44. The van der Waals surface area contributed by atoms with Gasteiger partial charge in [0.2, 0.25) is 5.78 Å². The second-order valence-corrected chi connectivity index (χ2v) is 6.96. The second kappa shape index (κ2) is 8.21. The molecule has 1 aromatic heterocycles. The number of rotatable bonds is 5. The molecule has 30 heavy (non-hydrogen) atoms. The summed E-state index contributed by atoms with van der Waals surface area (Å²) in [6.45, 7) is 0.205. The zero-order valence-corrected chi connectivity index (χ0v) is 16.4. The van der Waals surface area contributed by atoms with Crippen molar-refractivity contribution in [2.45, 2.75) is 12.6 Å². The summed E-state index contributed by atoms with van der Waals surface area (Å²) in [5, 5.41) is 13.4. The van der Waals surface area contributed by atoms with Gasteiger partial charge in [0, 0.05) is 17.2 Å². The number of Topliss-reactive ketones (excluding diaryl/α,β-unsaturated/α-hetero) is 1. The van der Waals surface area contributed by atoms with E-state index < -0.39 is 23.5 Å². The minimum Gasteiger partial charge on any atom is -0.872 e. The number of ketones is 1. The Balaban J connectivity index is 1.85. The minimum atomic E-state index is -0.767. The number of aromatic nitrogens is 1. The first kappa shape index (κ1) is 19.4. The van der Waals surface area contributed by atoms with E-state index in [9.17, 15) is 14.7 Å². The highest BCUT2D eigenvalue weighted by atomic mass is 16.5. The van der Waals surface area contributed by atoms with E-state index in [-0.39, 0.29) is 12.1 Å². The summed E-state index contributed by atoms with van der Waals surface area (Å²) >= 11 is 0.